The zero-order chi connectivity index (χ0) is 21.4. The second-order valence-electron chi connectivity index (χ2n) is 8.18. The maximum absolute atomic E-state index is 15.0. The summed E-state index contributed by atoms with van der Waals surface area (Å²) < 4.78 is 17.0. The van der Waals surface area contributed by atoms with Crippen molar-refractivity contribution in [2.24, 2.45) is 0 Å². The second-order valence-corrected chi connectivity index (χ2v) is 8.18. The quantitative estimate of drug-likeness (QED) is 0.507. The van der Waals surface area contributed by atoms with Crippen molar-refractivity contribution >= 4 is 28.4 Å². The van der Waals surface area contributed by atoms with Gasteiger partial charge in [0.15, 0.2) is 5.78 Å². The molecule has 2 aliphatic rings. The highest BCUT2D eigenvalue weighted by atomic mass is 19.1. The third kappa shape index (κ3) is 3.91. The number of nitrogens with one attached hydrogen (secondary N) is 1. The summed E-state index contributed by atoms with van der Waals surface area (Å²) >= 11 is 0. The highest BCUT2D eigenvalue weighted by Crippen LogP contribution is 2.38. The van der Waals surface area contributed by atoms with Crippen molar-refractivity contribution < 1.29 is 9.18 Å². The Hall–Kier alpha value is -3.25. The Kier molecular flexibility index (Phi) is 5.16. The van der Waals surface area contributed by atoms with Crippen LogP contribution in [-0.2, 0) is 0 Å². The van der Waals surface area contributed by atoms with Crippen molar-refractivity contribution in [2.45, 2.75) is 18.9 Å². The van der Waals surface area contributed by atoms with Gasteiger partial charge in [-0.2, -0.15) is 0 Å². The first-order chi connectivity index (χ1) is 15.1. The van der Waals surface area contributed by atoms with E-state index in [2.05, 4.69) is 5.32 Å². The maximum Gasteiger partial charge on any atom is 0.200 e. The van der Waals surface area contributed by atoms with Gasteiger partial charge in [-0.05, 0) is 36.6 Å². The van der Waals surface area contributed by atoms with E-state index in [1.54, 1.807) is 18.3 Å². The number of hydrogen-bond donors (Lipinski definition) is 1. The first-order valence-corrected chi connectivity index (χ1v) is 10.7. The normalized spacial score (nSPS) is 16.9. The summed E-state index contributed by atoms with van der Waals surface area (Å²) in [7, 11) is 0. The monoisotopic (exact) mass is 417 g/mol. The summed E-state index contributed by atoms with van der Waals surface area (Å²) in [6.45, 7) is 3.04. The Bertz CT molecular complexity index is 1220. The van der Waals surface area contributed by atoms with E-state index in [9.17, 15) is 9.59 Å². The molecule has 0 spiro atoms. The number of aromatic nitrogens is 1. The van der Waals surface area contributed by atoms with Crippen LogP contribution in [-0.4, -0.2) is 36.5 Å². The van der Waals surface area contributed by atoms with E-state index in [4.69, 9.17) is 0 Å². The summed E-state index contributed by atoms with van der Waals surface area (Å²) in [5.41, 5.74) is 1.77. The summed E-state index contributed by atoms with van der Waals surface area (Å²) in [4.78, 5) is 28.0. The number of carbonyl (C=O) groups excluding carboxylic acids is 1. The first kappa shape index (κ1) is 19.7. The van der Waals surface area contributed by atoms with Crippen LogP contribution in [0.4, 0.5) is 10.1 Å². The Balaban J connectivity index is 1.59. The van der Waals surface area contributed by atoms with Crippen molar-refractivity contribution in [3.05, 3.63) is 81.9 Å². The molecule has 158 valence electrons. The van der Waals surface area contributed by atoms with Gasteiger partial charge >= 0.3 is 0 Å². The van der Waals surface area contributed by atoms with E-state index in [1.807, 2.05) is 39.8 Å². The lowest BCUT2D eigenvalue weighted by Gasteiger charge is -2.30. The van der Waals surface area contributed by atoms with Crippen molar-refractivity contribution in [1.29, 1.82) is 0 Å². The van der Waals surface area contributed by atoms with Gasteiger partial charge in [0.1, 0.15) is 5.82 Å². The van der Waals surface area contributed by atoms with Crippen LogP contribution in [0.15, 0.2) is 59.5 Å². The number of fused-ring (bicyclic) bond motifs is 1. The predicted molar refractivity (Wildman–Crippen MR) is 121 cm³/mol. The molecule has 0 bridgehead atoms. The lowest BCUT2D eigenvalue weighted by molar-refractivity contribution is 0.104. The van der Waals surface area contributed by atoms with Gasteiger partial charge < -0.3 is 14.8 Å². The third-order valence-electron chi connectivity index (χ3n) is 5.99. The van der Waals surface area contributed by atoms with Gasteiger partial charge in [-0.15, -0.1) is 0 Å². The molecule has 1 aliphatic carbocycles. The van der Waals surface area contributed by atoms with E-state index in [0.29, 0.717) is 11.2 Å². The van der Waals surface area contributed by atoms with E-state index < -0.39 is 11.2 Å². The smallest absolute Gasteiger partial charge is 0.200 e. The molecule has 1 saturated carbocycles. The molecular weight excluding hydrogens is 393 g/mol. The van der Waals surface area contributed by atoms with Crippen molar-refractivity contribution in [2.75, 3.05) is 31.1 Å². The second kappa shape index (κ2) is 8.12. The molecule has 2 fully saturated rings. The van der Waals surface area contributed by atoms with Crippen LogP contribution >= 0.6 is 0 Å². The number of ketones is 1. The molecule has 2 aromatic carbocycles. The zero-order valence-electron chi connectivity index (χ0n) is 17.2. The van der Waals surface area contributed by atoms with Crippen LogP contribution in [0.5, 0.6) is 0 Å². The van der Waals surface area contributed by atoms with E-state index in [1.165, 1.54) is 12.1 Å². The Morgan fingerprint density at radius 3 is 2.55 bits per heavy atom. The number of halogens is 1. The molecule has 0 atom stereocenters. The molecule has 0 unspecified atom stereocenters. The summed E-state index contributed by atoms with van der Waals surface area (Å²) in [5.74, 6) is -0.782. The Morgan fingerprint density at radius 2 is 1.84 bits per heavy atom. The van der Waals surface area contributed by atoms with Gasteiger partial charge in [0.05, 0.1) is 16.8 Å². The van der Waals surface area contributed by atoms with Gasteiger partial charge in [-0.1, -0.05) is 36.4 Å². The topological polar surface area (TPSA) is 54.3 Å². The molecule has 5 nitrogen and oxygen atoms in total. The fourth-order valence-corrected chi connectivity index (χ4v) is 4.16. The predicted octanol–water partition coefficient (Wildman–Crippen LogP) is 3.78. The summed E-state index contributed by atoms with van der Waals surface area (Å²) in [6, 6.07) is 12.8. The van der Waals surface area contributed by atoms with Crippen LogP contribution < -0.4 is 15.6 Å². The highest BCUT2D eigenvalue weighted by Gasteiger charge is 2.27. The average Bonchev–Trinajstić information content (AvgIpc) is 3.64. The molecule has 1 saturated heterocycles. The lowest BCUT2D eigenvalue weighted by atomic mass is 10.1. The van der Waals surface area contributed by atoms with Crippen LogP contribution in [0, 0.1) is 5.82 Å². The highest BCUT2D eigenvalue weighted by molar-refractivity contribution is 6.08. The minimum atomic E-state index is -0.418. The number of pyridine rings is 1. The summed E-state index contributed by atoms with van der Waals surface area (Å²) in [6.07, 6.45) is 6.76. The number of anilines is 1. The molecule has 6 heteroatoms. The maximum atomic E-state index is 15.0. The Labute approximate surface area is 179 Å². The number of rotatable bonds is 5. The molecule has 5 rings (SSSR count). The van der Waals surface area contributed by atoms with Crippen LogP contribution in [0.3, 0.4) is 0 Å². The number of piperazine rings is 1. The van der Waals surface area contributed by atoms with Gasteiger partial charge in [-0.25, -0.2) is 4.39 Å². The fraction of sp³-hybridized carbons (Fsp3) is 0.280. The largest absolute Gasteiger partial charge is 0.367 e. The molecule has 2 heterocycles. The third-order valence-corrected chi connectivity index (χ3v) is 5.99. The van der Waals surface area contributed by atoms with Gasteiger partial charge in [0.25, 0.3) is 0 Å². The molecule has 31 heavy (non-hydrogen) atoms. The minimum absolute atomic E-state index is 0.0842. The fourth-order valence-electron chi connectivity index (χ4n) is 4.16. The number of allylic oxidation sites excluding steroid dienone is 1. The Morgan fingerprint density at radius 1 is 1.10 bits per heavy atom. The molecule has 1 aromatic heterocycles. The SMILES string of the molecule is O=C(/C=C/c1ccccc1)c1cn(C2CC2)c2cc(N3CCNCC3)c(F)cc2c1=O. The number of nitrogens with zero attached hydrogens (tertiary/aromatic N) is 2. The summed E-state index contributed by atoms with van der Waals surface area (Å²) in [5, 5.41) is 3.54. The van der Waals surface area contributed by atoms with Crippen molar-refractivity contribution in [1.82, 2.24) is 9.88 Å². The average molecular weight is 417 g/mol. The molecule has 1 aliphatic heterocycles. The van der Waals surface area contributed by atoms with Crippen LogP contribution in [0.2, 0.25) is 0 Å². The zero-order valence-corrected chi connectivity index (χ0v) is 17.2. The minimum Gasteiger partial charge on any atom is -0.367 e. The lowest BCUT2D eigenvalue weighted by Crippen LogP contribution is -2.43. The van der Waals surface area contributed by atoms with Gasteiger partial charge in [-0.3, -0.25) is 9.59 Å². The number of benzene rings is 2. The van der Waals surface area contributed by atoms with Crippen molar-refractivity contribution in [3.8, 4) is 0 Å². The number of hydrogen-bond acceptors (Lipinski definition) is 4. The van der Waals surface area contributed by atoms with Crippen molar-refractivity contribution in [3.63, 3.8) is 0 Å². The van der Waals surface area contributed by atoms with Gasteiger partial charge in [0, 0.05) is 43.8 Å². The van der Waals surface area contributed by atoms with Gasteiger partial charge in [0.2, 0.25) is 5.43 Å². The van der Waals surface area contributed by atoms with E-state index >= 15 is 4.39 Å². The molecular formula is C25H24FN3O2. The van der Waals surface area contributed by atoms with E-state index in [-0.39, 0.29) is 22.8 Å². The number of carbonyl (C=O) groups is 1. The van der Waals surface area contributed by atoms with E-state index in [0.717, 1.165) is 44.6 Å². The standard InChI is InChI=1S/C25H24FN3O2/c26-21-14-19-22(15-23(21)28-12-10-27-11-13-28)29(18-7-8-18)16-20(25(19)31)24(30)9-6-17-4-2-1-3-5-17/h1-6,9,14-16,18,27H,7-8,10-13H2/b9-6+. The van der Waals surface area contributed by atoms with Crippen LogP contribution in [0.25, 0.3) is 17.0 Å². The van der Waals surface area contributed by atoms with Crippen LogP contribution in [0.1, 0.15) is 34.8 Å². The molecule has 1 N–H and O–H groups in total. The first-order valence-electron chi connectivity index (χ1n) is 10.7. The molecule has 0 amide bonds. The molecule has 3 aromatic rings. The molecule has 0 radical (unpaired) electrons.